The van der Waals surface area contributed by atoms with Crippen molar-refractivity contribution >= 4 is 28.5 Å². The van der Waals surface area contributed by atoms with Crippen molar-refractivity contribution in [1.82, 2.24) is 5.32 Å². The Morgan fingerprint density at radius 2 is 2.25 bits per heavy atom. The lowest BCUT2D eigenvalue weighted by Crippen LogP contribution is -2.31. The fourth-order valence-electron chi connectivity index (χ4n) is 1.38. The molecule has 1 aliphatic rings. The highest BCUT2D eigenvalue weighted by molar-refractivity contribution is 14.1. The highest BCUT2D eigenvalue weighted by Crippen LogP contribution is 2.16. The molecule has 62 valence electrons. The second-order valence-electron chi connectivity index (χ2n) is 2.81. The molecular formula is C9H8INO. The molecule has 0 bridgehead atoms. The first kappa shape index (κ1) is 8.04. The van der Waals surface area contributed by atoms with E-state index < -0.39 is 0 Å². The van der Waals surface area contributed by atoms with E-state index in [2.05, 4.69) is 27.9 Å². The zero-order valence-corrected chi connectivity index (χ0v) is 8.59. The summed E-state index contributed by atoms with van der Waals surface area (Å²) in [4.78, 5) is 11.3. The molecule has 0 aliphatic carbocycles. The average Bonchev–Trinajstić information content (AvgIpc) is 2.07. The van der Waals surface area contributed by atoms with Gasteiger partial charge in [-0.1, -0.05) is 6.07 Å². The molecule has 1 heterocycles. The predicted octanol–water partition coefficient (Wildman–Crippen LogP) is 1.58. The molecule has 0 aromatic heterocycles. The van der Waals surface area contributed by atoms with Crippen molar-refractivity contribution in [2.24, 2.45) is 0 Å². The van der Waals surface area contributed by atoms with Crippen molar-refractivity contribution in [2.45, 2.75) is 6.42 Å². The first-order valence-corrected chi connectivity index (χ1v) is 4.92. The molecule has 1 aromatic carbocycles. The molecule has 0 spiro atoms. The second-order valence-corrected chi connectivity index (χ2v) is 4.05. The third kappa shape index (κ3) is 1.33. The van der Waals surface area contributed by atoms with Gasteiger partial charge in [-0.2, -0.15) is 0 Å². The van der Waals surface area contributed by atoms with Gasteiger partial charge in [0.05, 0.1) is 0 Å². The molecule has 0 atom stereocenters. The van der Waals surface area contributed by atoms with Crippen molar-refractivity contribution in [3.63, 3.8) is 0 Å². The third-order valence-corrected chi connectivity index (χ3v) is 2.67. The number of hydrogen-bond donors (Lipinski definition) is 1. The van der Waals surface area contributed by atoms with E-state index in [0.717, 1.165) is 22.1 Å². The van der Waals surface area contributed by atoms with Crippen LogP contribution in [-0.2, 0) is 6.42 Å². The maximum Gasteiger partial charge on any atom is 0.251 e. The van der Waals surface area contributed by atoms with Crippen LogP contribution in [-0.4, -0.2) is 12.5 Å². The minimum Gasteiger partial charge on any atom is -0.352 e. The van der Waals surface area contributed by atoms with E-state index in [1.54, 1.807) is 0 Å². The number of carbonyl (C=O) groups excluding carboxylic acids is 1. The van der Waals surface area contributed by atoms with Crippen molar-refractivity contribution in [2.75, 3.05) is 6.54 Å². The van der Waals surface area contributed by atoms with E-state index in [1.165, 1.54) is 5.56 Å². The molecule has 0 unspecified atom stereocenters. The van der Waals surface area contributed by atoms with Crippen LogP contribution in [0.3, 0.4) is 0 Å². The van der Waals surface area contributed by atoms with Crippen LogP contribution in [0, 0.1) is 3.57 Å². The number of carbonyl (C=O) groups is 1. The summed E-state index contributed by atoms with van der Waals surface area (Å²) in [5.41, 5.74) is 2.01. The summed E-state index contributed by atoms with van der Waals surface area (Å²) >= 11 is 2.22. The van der Waals surface area contributed by atoms with Gasteiger partial charge in [0.1, 0.15) is 0 Å². The van der Waals surface area contributed by atoms with E-state index >= 15 is 0 Å². The summed E-state index contributed by atoms with van der Waals surface area (Å²) in [5, 5.41) is 2.82. The molecule has 12 heavy (non-hydrogen) atoms. The number of rotatable bonds is 0. The Hall–Kier alpha value is -0.580. The van der Waals surface area contributed by atoms with E-state index in [-0.39, 0.29) is 5.91 Å². The maximum absolute atomic E-state index is 11.3. The molecule has 1 amide bonds. The van der Waals surface area contributed by atoms with Gasteiger partial charge in [-0.05, 0) is 46.7 Å². The molecule has 1 aliphatic heterocycles. The van der Waals surface area contributed by atoms with Gasteiger partial charge in [0.15, 0.2) is 0 Å². The summed E-state index contributed by atoms with van der Waals surface area (Å²) < 4.78 is 1.11. The quantitative estimate of drug-likeness (QED) is 0.714. The van der Waals surface area contributed by atoms with Crippen molar-refractivity contribution in [3.8, 4) is 0 Å². The average molecular weight is 273 g/mol. The highest BCUT2D eigenvalue weighted by Gasteiger charge is 2.15. The van der Waals surface area contributed by atoms with Gasteiger partial charge in [-0.25, -0.2) is 0 Å². The number of fused-ring (bicyclic) bond motifs is 1. The summed E-state index contributed by atoms with van der Waals surface area (Å²) in [6.07, 6.45) is 0.956. The maximum atomic E-state index is 11.3. The largest absolute Gasteiger partial charge is 0.352 e. The van der Waals surface area contributed by atoms with Crippen LogP contribution in [0.15, 0.2) is 18.2 Å². The van der Waals surface area contributed by atoms with Crippen LogP contribution in [0.25, 0.3) is 0 Å². The molecule has 0 fully saturated rings. The zero-order chi connectivity index (χ0) is 8.55. The molecule has 2 nitrogen and oxygen atoms in total. The lowest BCUT2D eigenvalue weighted by molar-refractivity contribution is 0.0946. The van der Waals surface area contributed by atoms with Crippen molar-refractivity contribution in [3.05, 3.63) is 32.9 Å². The lowest BCUT2D eigenvalue weighted by atomic mass is 10.0. The van der Waals surface area contributed by atoms with Gasteiger partial charge in [-0.3, -0.25) is 4.79 Å². The van der Waals surface area contributed by atoms with Crippen LogP contribution >= 0.6 is 22.6 Å². The normalized spacial score (nSPS) is 15.2. The predicted molar refractivity (Wildman–Crippen MR) is 55.2 cm³/mol. The van der Waals surface area contributed by atoms with Gasteiger partial charge in [-0.15, -0.1) is 0 Å². The van der Waals surface area contributed by atoms with Crippen molar-refractivity contribution in [1.29, 1.82) is 0 Å². The van der Waals surface area contributed by atoms with Crippen LogP contribution < -0.4 is 5.32 Å². The van der Waals surface area contributed by atoms with Crippen LogP contribution in [0.4, 0.5) is 0 Å². The number of benzene rings is 1. The van der Waals surface area contributed by atoms with Gasteiger partial charge in [0, 0.05) is 15.7 Å². The Morgan fingerprint density at radius 3 is 3.08 bits per heavy atom. The number of nitrogens with one attached hydrogen (secondary N) is 1. The first-order valence-electron chi connectivity index (χ1n) is 3.84. The smallest absolute Gasteiger partial charge is 0.251 e. The molecule has 0 radical (unpaired) electrons. The van der Waals surface area contributed by atoms with Crippen LogP contribution in [0.2, 0.25) is 0 Å². The van der Waals surface area contributed by atoms with E-state index in [1.807, 2.05) is 18.2 Å². The Morgan fingerprint density at radius 1 is 1.42 bits per heavy atom. The minimum atomic E-state index is 0.0646. The monoisotopic (exact) mass is 273 g/mol. The highest BCUT2D eigenvalue weighted by atomic mass is 127. The summed E-state index contributed by atoms with van der Waals surface area (Å²) in [6, 6.07) is 6.01. The Kier molecular flexibility index (Phi) is 2.04. The minimum absolute atomic E-state index is 0.0646. The molecule has 1 N–H and O–H groups in total. The number of amides is 1. The van der Waals surface area contributed by atoms with Crippen LogP contribution in [0.1, 0.15) is 15.9 Å². The van der Waals surface area contributed by atoms with E-state index in [4.69, 9.17) is 0 Å². The first-order chi connectivity index (χ1) is 5.77. The molecule has 3 heteroatoms. The zero-order valence-electron chi connectivity index (χ0n) is 6.43. The lowest BCUT2D eigenvalue weighted by Gasteiger charge is -2.15. The van der Waals surface area contributed by atoms with Gasteiger partial charge in [0.2, 0.25) is 0 Å². The molecule has 1 aromatic rings. The summed E-state index contributed by atoms with van der Waals surface area (Å²) in [7, 11) is 0. The summed E-state index contributed by atoms with van der Waals surface area (Å²) in [6.45, 7) is 0.770. The fraction of sp³-hybridized carbons (Fsp3) is 0.222. The molecule has 2 rings (SSSR count). The van der Waals surface area contributed by atoms with Crippen molar-refractivity contribution < 1.29 is 4.79 Å². The Labute approximate surface area is 84.5 Å². The van der Waals surface area contributed by atoms with Gasteiger partial charge >= 0.3 is 0 Å². The topological polar surface area (TPSA) is 29.1 Å². The third-order valence-electron chi connectivity index (χ3n) is 2.00. The van der Waals surface area contributed by atoms with Gasteiger partial charge < -0.3 is 5.32 Å². The SMILES string of the molecule is O=C1NCCc2ccc(I)cc21. The molecule has 0 saturated carbocycles. The Bertz CT molecular complexity index is 335. The summed E-state index contributed by atoms with van der Waals surface area (Å²) in [5.74, 6) is 0.0646. The fourth-order valence-corrected chi connectivity index (χ4v) is 1.88. The standard InChI is InChI=1S/C9H8INO/c10-7-2-1-6-3-4-11-9(12)8(6)5-7/h1-2,5H,3-4H2,(H,11,12). The van der Waals surface area contributed by atoms with Crippen LogP contribution in [0.5, 0.6) is 0 Å². The number of halogens is 1. The van der Waals surface area contributed by atoms with E-state index in [0.29, 0.717) is 0 Å². The number of hydrogen-bond acceptors (Lipinski definition) is 1. The van der Waals surface area contributed by atoms with E-state index in [9.17, 15) is 4.79 Å². The molecule has 0 saturated heterocycles. The molecular weight excluding hydrogens is 265 g/mol. The Balaban J connectivity index is 2.54. The second kappa shape index (κ2) is 3.05. The van der Waals surface area contributed by atoms with Gasteiger partial charge in [0.25, 0.3) is 5.91 Å².